The molecule has 1 saturated heterocycles. The number of carbonyl (C=O) groups is 1. The van der Waals surface area contributed by atoms with Gasteiger partial charge in [0.25, 0.3) is 0 Å². The van der Waals surface area contributed by atoms with Crippen molar-refractivity contribution in [2.45, 2.75) is 32.5 Å². The van der Waals surface area contributed by atoms with Crippen molar-refractivity contribution < 1.29 is 14.6 Å². The van der Waals surface area contributed by atoms with E-state index < -0.39 is 0 Å². The molecule has 2 unspecified atom stereocenters. The van der Waals surface area contributed by atoms with E-state index in [2.05, 4.69) is 4.90 Å². The van der Waals surface area contributed by atoms with Crippen molar-refractivity contribution in [1.29, 1.82) is 0 Å². The molecule has 4 nitrogen and oxygen atoms in total. The summed E-state index contributed by atoms with van der Waals surface area (Å²) in [5.74, 6) is 0.246. The second-order valence-corrected chi connectivity index (χ2v) is 3.84. The zero-order chi connectivity index (χ0) is 10.6. The van der Waals surface area contributed by atoms with E-state index in [0.29, 0.717) is 19.5 Å². The molecular weight excluding hydrogens is 182 g/mol. The van der Waals surface area contributed by atoms with Gasteiger partial charge in [-0.3, -0.25) is 9.69 Å². The van der Waals surface area contributed by atoms with Crippen molar-refractivity contribution in [2.24, 2.45) is 0 Å². The van der Waals surface area contributed by atoms with Gasteiger partial charge in [0, 0.05) is 19.5 Å². The summed E-state index contributed by atoms with van der Waals surface area (Å²) < 4.78 is 5.48. The van der Waals surface area contributed by atoms with Gasteiger partial charge >= 0.3 is 0 Å². The zero-order valence-electron chi connectivity index (χ0n) is 8.90. The van der Waals surface area contributed by atoms with Crippen LogP contribution in [0.4, 0.5) is 0 Å². The lowest BCUT2D eigenvalue weighted by Crippen LogP contribution is -2.49. The fraction of sp³-hybridized carbons (Fsp3) is 0.900. The van der Waals surface area contributed by atoms with Gasteiger partial charge in [0.05, 0.1) is 25.4 Å². The van der Waals surface area contributed by atoms with Crippen LogP contribution in [-0.2, 0) is 9.53 Å². The lowest BCUT2D eigenvalue weighted by atomic mass is 10.2. The molecule has 0 aromatic heterocycles. The molecule has 2 atom stereocenters. The van der Waals surface area contributed by atoms with Crippen LogP contribution in [0.2, 0.25) is 0 Å². The van der Waals surface area contributed by atoms with Gasteiger partial charge in [0.1, 0.15) is 5.78 Å². The van der Waals surface area contributed by atoms with E-state index in [-0.39, 0.29) is 24.6 Å². The van der Waals surface area contributed by atoms with Crippen LogP contribution in [0.1, 0.15) is 20.3 Å². The van der Waals surface area contributed by atoms with Crippen molar-refractivity contribution in [1.82, 2.24) is 4.90 Å². The number of Topliss-reactive ketones (excluding diaryl/α,β-unsaturated/α-hetero) is 1. The molecule has 1 heterocycles. The number of aliphatic hydroxyl groups excluding tert-OH is 1. The molecule has 14 heavy (non-hydrogen) atoms. The summed E-state index contributed by atoms with van der Waals surface area (Å²) in [6.45, 7) is 5.79. The summed E-state index contributed by atoms with van der Waals surface area (Å²) in [7, 11) is 0. The van der Waals surface area contributed by atoms with Crippen LogP contribution in [0.25, 0.3) is 0 Å². The Labute approximate surface area is 84.8 Å². The maximum Gasteiger partial charge on any atom is 0.146 e. The number of carbonyl (C=O) groups excluding carboxylic acids is 1. The van der Waals surface area contributed by atoms with Gasteiger partial charge in [-0.25, -0.2) is 0 Å². The molecule has 0 amide bonds. The highest BCUT2D eigenvalue weighted by atomic mass is 16.5. The van der Waals surface area contributed by atoms with Gasteiger partial charge in [-0.05, 0) is 6.92 Å². The van der Waals surface area contributed by atoms with Gasteiger partial charge in [-0.1, -0.05) is 6.92 Å². The molecule has 0 aromatic carbocycles. The first-order valence-corrected chi connectivity index (χ1v) is 5.16. The van der Waals surface area contributed by atoms with E-state index in [1.54, 1.807) is 0 Å². The largest absolute Gasteiger partial charge is 0.394 e. The Morgan fingerprint density at radius 1 is 1.57 bits per heavy atom. The maximum atomic E-state index is 11.2. The number of nitrogens with zero attached hydrogens (tertiary/aromatic N) is 1. The van der Waals surface area contributed by atoms with Crippen LogP contribution in [-0.4, -0.2) is 54.2 Å². The first kappa shape index (κ1) is 11.6. The molecule has 1 N–H and O–H groups in total. The van der Waals surface area contributed by atoms with Gasteiger partial charge in [0.15, 0.2) is 0 Å². The van der Waals surface area contributed by atoms with Crippen LogP contribution < -0.4 is 0 Å². The number of morpholine rings is 1. The normalized spacial score (nSPS) is 29.1. The molecule has 1 rings (SSSR count). The molecule has 0 saturated carbocycles. The van der Waals surface area contributed by atoms with Crippen LogP contribution in [0.3, 0.4) is 0 Å². The van der Waals surface area contributed by atoms with E-state index >= 15 is 0 Å². The predicted octanol–water partition coefficient (Wildman–Crippen LogP) is 0.0471. The molecule has 82 valence electrons. The number of hydrogen-bond donors (Lipinski definition) is 1. The Bertz CT molecular complexity index is 196. The first-order chi connectivity index (χ1) is 6.65. The van der Waals surface area contributed by atoms with E-state index in [9.17, 15) is 4.79 Å². The molecule has 1 fully saturated rings. The first-order valence-electron chi connectivity index (χ1n) is 5.16. The fourth-order valence-electron chi connectivity index (χ4n) is 1.73. The molecule has 0 radical (unpaired) electrons. The number of aliphatic hydroxyl groups is 1. The lowest BCUT2D eigenvalue weighted by molar-refractivity contribution is -0.126. The van der Waals surface area contributed by atoms with Crippen LogP contribution >= 0.6 is 0 Å². The van der Waals surface area contributed by atoms with Gasteiger partial charge in [-0.2, -0.15) is 0 Å². The summed E-state index contributed by atoms with van der Waals surface area (Å²) in [4.78, 5) is 13.3. The standard InChI is InChI=1S/C10H19NO3/c1-3-9(13)5-11-4-8(2)14-10(6-11)7-12/h8,10,12H,3-7H2,1-2H3. The molecule has 1 aliphatic rings. The Morgan fingerprint density at radius 2 is 2.29 bits per heavy atom. The van der Waals surface area contributed by atoms with Gasteiger partial charge < -0.3 is 9.84 Å². The molecule has 0 aliphatic carbocycles. The highest BCUT2D eigenvalue weighted by molar-refractivity contribution is 5.80. The monoisotopic (exact) mass is 201 g/mol. The second-order valence-electron chi connectivity index (χ2n) is 3.84. The average molecular weight is 201 g/mol. The molecule has 1 aliphatic heterocycles. The van der Waals surface area contributed by atoms with E-state index in [1.807, 2.05) is 13.8 Å². The van der Waals surface area contributed by atoms with Crippen LogP contribution in [0.15, 0.2) is 0 Å². The van der Waals surface area contributed by atoms with Crippen molar-refractivity contribution in [3.05, 3.63) is 0 Å². The molecule has 4 heteroatoms. The number of ether oxygens (including phenoxy) is 1. The Kier molecular flexibility index (Phi) is 4.51. The third-order valence-electron chi connectivity index (χ3n) is 2.40. The summed E-state index contributed by atoms with van der Waals surface area (Å²) in [5.41, 5.74) is 0. The van der Waals surface area contributed by atoms with Gasteiger partial charge in [0.2, 0.25) is 0 Å². The number of ketones is 1. The van der Waals surface area contributed by atoms with E-state index in [1.165, 1.54) is 0 Å². The Balaban J connectivity index is 2.40. The summed E-state index contributed by atoms with van der Waals surface area (Å²) in [6, 6.07) is 0. The van der Waals surface area contributed by atoms with E-state index in [0.717, 1.165) is 6.54 Å². The minimum atomic E-state index is -0.136. The minimum Gasteiger partial charge on any atom is -0.394 e. The fourth-order valence-corrected chi connectivity index (χ4v) is 1.73. The van der Waals surface area contributed by atoms with Crippen molar-refractivity contribution in [3.63, 3.8) is 0 Å². The van der Waals surface area contributed by atoms with Crippen molar-refractivity contribution >= 4 is 5.78 Å². The minimum absolute atomic E-state index is 0.0289. The highest BCUT2D eigenvalue weighted by Gasteiger charge is 2.25. The quantitative estimate of drug-likeness (QED) is 0.698. The Hall–Kier alpha value is -0.450. The third kappa shape index (κ3) is 3.36. The van der Waals surface area contributed by atoms with E-state index in [4.69, 9.17) is 9.84 Å². The SMILES string of the molecule is CCC(=O)CN1CC(C)OC(CO)C1. The van der Waals surface area contributed by atoms with Gasteiger partial charge in [-0.15, -0.1) is 0 Å². The summed E-state index contributed by atoms with van der Waals surface area (Å²) in [6.07, 6.45) is 0.546. The van der Waals surface area contributed by atoms with Crippen LogP contribution in [0.5, 0.6) is 0 Å². The smallest absolute Gasteiger partial charge is 0.146 e. The second kappa shape index (κ2) is 5.44. The molecule has 0 spiro atoms. The maximum absolute atomic E-state index is 11.2. The predicted molar refractivity (Wildman–Crippen MR) is 53.2 cm³/mol. The highest BCUT2D eigenvalue weighted by Crippen LogP contribution is 2.10. The number of rotatable bonds is 4. The molecular formula is C10H19NO3. The summed E-state index contributed by atoms with van der Waals surface area (Å²) >= 11 is 0. The Morgan fingerprint density at radius 3 is 2.86 bits per heavy atom. The lowest BCUT2D eigenvalue weighted by Gasteiger charge is -2.35. The molecule has 0 aromatic rings. The zero-order valence-corrected chi connectivity index (χ0v) is 8.90. The third-order valence-corrected chi connectivity index (χ3v) is 2.40. The van der Waals surface area contributed by atoms with Crippen molar-refractivity contribution in [2.75, 3.05) is 26.2 Å². The average Bonchev–Trinajstić information content (AvgIpc) is 2.16. The molecule has 0 bridgehead atoms. The van der Waals surface area contributed by atoms with Crippen molar-refractivity contribution in [3.8, 4) is 0 Å². The van der Waals surface area contributed by atoms with Crippen LogP contribution in [0, 0.1) is 0 Å². The topological polar surface area (TPSA) is 49.8 Å². The summed E-state index contributed by atoms with van der Waals surface area (Å²) in [5, 5.41) is 8.98. The number of hydrogen-bond acceptors (Lipinski definition) is 4.